The fraction of sp³-hybridized carbons (Fsp3) is 0.935. The van der Waals surface area contributed by atoms with Crippen LogP contribution in [-0.4, -0.2) is 76.4 Å². The lowest BCUT2D eigenvalue weighted by atomic mass is 9.50. The number of hydrogen-bond acceptors (Lipinski definition) is 5. The molecule has 1 aliphatic heterocycles. The van der Waals surface area contributed by atoms with Gasteiger partial charge in [0.05, 0.1) is 18.8 Å². The zero-order chi connectivity index (χ0) is 47.2. The SMILES string of the molecule is CCCCCCCC/C=C\CCCCCCCCOCC(CN1CC[C@H]2CCCC[C@@H]2C1)OCCCOCCCO[C@H]1CC[C@@]2(C)C(=CC[C@H]3[C@H](CCCCCCCC(C)C)[C@H](C)CC[C@@H]32)C1. The van der Waals surface area contributed by atoms with Crippen molar-refractivity contribution in [3.05, 3.63) is 23.8 Å². The molecule has 0 aromatic carbocycles. The molecule has 1 unspecified atom stereocenters. The normalized spacial score (nSPS) is 28.4. The number of allylic oxidation sites excluding steroid dienone is 3. The molecule has 0 N–H and O–H groups in total. The van der Waals surface area contributed by atoms with Crippen LogP contribution >= 0.6 is 0 Å². The third-order valence-electron chi connectivity index (χ3n) is 18.2. The Morgan fingerprint density at radius 3 is 2.12 bits per heavy atom. The summed E-state index contributed by atoms with van der Waals surface area (Å²) in [4.78, 5) is 2.71. The van der Waals surface area contributed by atoms with E-state index in [2.05, 4.69) is 57.7 Å². The van der Waals surface area contributed by atoms with Crippen molar-refractivity contribution in [3.63, 3.8) is 0 Å². The third kappa shape index (κ3) is 21.9. The number of likely N-dealkylation sites (tertiary alicyclic amines) is 1. The van der Waals surface area contributed by atoms with Gasteiger partial charge in [-0.3, -0.25) is 0 Å². The summed E-state index contributed by atoms with van der Waals surface area (Å²) in [6, 6.07) is 0. The van der Waals surface area contributed by atoms with Gasteiger partial charge in [0.1, 0.15) is 0 Å². The molecule has 4 aliphatic carbocycles. The third-order valence-corrected chi connectivity index (χ3v) is 18.2. The van der Waals surface area contributed by atoms with Crippen molar-refractivity contribution < 1.29 is 18.9 Å². The van der Waals surface area contributed by atoms with Crippen molar-refractivity contribution in [2.75, 3.05) is 59.3 Å². The fourth-order valence-electron chi connectivity index (χ4n) is 13.9. The molecule has 390 valence electrons. The van der Waals surface area contributed by atoms with Crippen LogP contribution in [0.5, 0.6) is 0 Å². The predicted molar refractivity (Wildman–Crippen MR) is 287 cm³/mol. The molecule has 0 aromatic heterocycles. The first kappa shape index (κ1) is 57.2. The van der Waals surface area contributed by atoms with Gasteiger partial charge in [-0.15, -0.1) is 0 Å². The first-order chi connectivity index (χ1) is 32.9. The molecule has 1 heterocycles. The molecule has 0 amide bonds. The number of unbranched alkanes of at least 4 members (excludes halogenated alkanes) is 16. The zero-order valence-electron chi connectivity index (χ0n) is 45.4. The van der Waals surface area contributed by atoms with E-state index in [0.717, 1.165) is 107 Å². The molecule has 1 saturated heterocycles. The van der Waals surface area contributed by atoms with Gasteiger partial charge in [-0.05, 0) is 150 Å². The average molecular weight is 937 g/mol. The van der Waals surface area contributed by atoms with Gasteiger partial charge >= 0.3 is 0 Å². The van der Waals surface area contributed by atoms with Gasteiger partial charge in [0.15, 0.2) is 0 Å². The second kappa shape index (κ2) is 34.6. The van der Waals surface area contributed by atoms with Crippen LogP contribution in [-0.2, 0) is 18.9 Å². The summed E-state index contributed by atoms with van der Waals surface area (Å²) < 4.78 is 25.6. The van der Waals surface area contributed by atoms with Crippen molar-refractivity contribution in [1.82, 2.24) is 4.90 Å². The topological polar surface area (TPSA) is 40.2 Å². The summed E-state index contributed by atoms with van der Waals surface area (Å²) >= 11 is 0. The predicted octanol–water partition coefficient (Wildman–Crippen LogP) is 17.3. The zero-order valence-corrected chi connectivity index (χ0v) is 45.4. The summed E-state index contributed by atoms with van der Waals surface area (Å²) in [5.41, 5.74) is 2.16. The first-order valence-electron chi connectivity index (χ1n) is 30.3. The van der Waals surface area contributed by atoms with Crippen molar-refractivity contribution in [3.8, 4) is 0 Å². The van der Waals surface area contributed by atoms with E-state index in [1.165, 1.54) is 212 Å². The van der Waals surface area contributed by atoms with E-state index in [1.807, 2.05) is 0 Å². The Kier molecular flexibility index (Phi) is 29.5. The summed E-state index contributed by atoms with van der Waals surface area (Å²) in [6.45, 7) is 20.5. The van der Waals surface area contributed by atoms with E-state index in [-0.39, 0.29) is 6.10 Å². The number of hydrogen-bond donors (Lipinski definition) is 0. The van der Waals surface area contributed by atoms with Crippen molar-refractivity contribution in [2.24, 2.45) is 46.8 Å². The Hall–Kier alpha value is -0.720. The van der Waals surface area contributed by atoms with Gasteiger partial charge in [0.2, 0.25) is 0 Å². The van der Waals surface area contributed by atoms with E-state index in [0.29, 0.717) is 11.5 Å². The average Bonchev–Trinajstić information content (AvgIpc) is 3.33. The molecule has 3 saturated carbocycles. The van der Waals surface area contributed by atoms with Crippen molar-refractivity contribution >= 4 is 0 Å². The van der Waals surface area contributed by atoms with Crippen LogP contribution in [0.3, 0.4) is 0 Å². The number of nitrogens with zero attached hydrogens (tertiary/aromatic N) is 1. The summed E-state index contributed by atoms with van der Waals surface area (Å²) in [7, 11) is 0. The molecule has 67 heavy (non-hydrogen) atoms. The molecule has 5 rings (SSSR count). The highest BCUT2D eigenvalue weighted by Gasteiger charge is 2.51. The van der Waals surface area contributed by atoms with Gasteiger partial charge in [-0.25, -0.2) is 0 Å². The maximum absolute atomic E-state index is 6.57. The van der Waals surface area contributed by atoms with Gasteiger partial charge in [0.25, 0.3) is 0 Å². The van der Waals surface area contributed by atoms with Gasteiger partial charge in [0, 0.05) is 46.1 Å². The van der Waals surface area contributed by atoms with Crippen LogP contribution in [0.2, 0.25) is 0 Å². The summed E-state index contributed by atoms with van der Waals surface area (Å²) in [5, 5.41) is 0. The Labute approximate surface area is 417 Å². The minimum Gasteiger partial charge on any atom is -0.381 e. The molecule has 0 bridgehead atoms. The highest BCUT2D eigenvalue weighted by molar-refractivity contribution is 5.24. The van der Waals surface area contributed by atoms with E-state index in [4.69, 9.17) is 18.9 Å². The van der Waals surface area contributed by atoms with Crippen LogP contribution in [0.25, 0.3) is 0 Å². The maximum atomic E-state index is 6.57. The highest BCUT2D eigenvalue weighted by Crippen LogP contribution is 2.59. The molecule has 4 fully saturated rings. The molecular weight excluding hydrogens is 823 g/mol. The molecule has 0 radical (unpaired) electrons. The van der Waals surface area contributed by atoms with Crippen LogP contribution in [0.15, 0.2) is 23.8 Å². The van der Waals surface area contributed by atoms with Crippen molar-refractivity contribution in [1.29, 1.82) is 0 Å². The van der Waals surface area contributed by atoms with Crippen LogP contribution in [0, 0.1) is 46.8 Å². The lowest BCUT2D eigenvalue weighted by Gasteiger charge is -2.56. The Morgan fingerprint density at radius 2 is 1.36 bits per heavy atom. The van der Waals surface area contributed by atoms with Crippen molar-refractivity contribution in [2.45, 2.75) is 265 Å². The van der Waals surface area contributed by atoms with E-state index >= 15 is 0 Å². The Morgan fingerprint density at radius 1 is 0.687 bits per heavy atom. The first-order valence-corrected chi connectivity index (χ1v) is 30.3. The van der Waals surface area contributed by atoms with Crippen LogP contribution in [0.4, 0.5) is 0 Å². The van der Waals surface area contributed by atoms with Crippen LogP contribution < -0.4 is 0 Å². The van der Waals surface area contributed by atoms with Gasteiger partial charge in [-0.2, -0.15) is 0 Å². The molecule has 0 aromatic rings. The quantitative estimate of drug-likeness (QED) is 0.0456. The monoisotopic (exact) mass is 936 g/mol. The highest BCUT2D eigenvalue weighted by atomic mass is 16.5. The Balaban J connectivity index is 0.896. The minimum absolute atomic E-state index is 0.160. The minimum atomic E-state index is 0.160. The van der Waals surface area contributed by atoms with Gasteiger partial charge < -0.3 is 23.8 Å². The number of rotatable bonds is 38. The fourth-order valence-corrected chi connectivity index (χ4v) is 13.9. The second-order valence-electron chi connectivity index (χ2n) is 24.0. The number of piperidine rings is 1. The Bertz CT molecular complexity index is 1280. The number of fused-ring (bicyclic) bond motifs is 4. The molecule has 5 heteroatoms. The second-order valence-corrected chi connectivity index (χ2v) is 24.0. The lowest BCUT2D eigenvalue weighted by molar-refractivity contribution is -0.0492. The molecule has 0 spiro atoms. The lowest BCUT2D eigenvalue weighted by Crippen LogP contribution is -2.47. The summed E-state index contributed by atoms with van der Waals surface area (Å²) in [5.74, 6) is 6.38. The van der Waals surface area contributed by atoms with Crippen LogP contribution in [0.1, 0.15) is 253 Å². The largest absolute Gasteiger partial charge is 0.381 e. The molecular formula is C62H113NO4. The maximum Gasteiger partial charge on any atom is 0.0934 e. The standard InChI is InChI=1S/C62H113NO4/c1-6-7-8-9-10-11-12-13-14-15-16-17-18-19-23-28-43-65-51-58(50-63-42-40-54-32-26-27-33-55(54)49-63)67-47-30-45-64-44-29-46-66-57-39-41-62(5)56(48-57)36-37-60-59(53(4)35-38-61(60)62)34-25-22-20-21-24-31-52(2)3/h13-14,36,52-55,57-61H,6-12,15-35,37-51H2,1-5H3/b14-13-/t53-,54-,55-,57+,58?,59-,60+,61+,62+/m1/s1. The summed E-state index contributed by atoms with van der Waals surface area (Å²) in [6.07, 6.45) is 54.0. The number of ether oxygens (including phenoxy) is 4. The van der Waals surface area contributed by atoms with Gasteiger partial charge in [-0.1, -0.05) is 180 Å². The van der Waals surface area contributed by atoms with E-state index in [9.17, 15) is 0 Å². The molecule has 5 nitrogen and oxygen atoms in total. The molecule has 9 atom stereocenters. The molecule has 5 aliphatic rings. The van der Waals surface area contributed by atoms with E-state index in [1.54, 1.807) is 5.57 Å². The smallest absolute Gasteiger partial charge is 0.0934 e. The van der Waals surface area contributed by atoms with E-state index < -0.39 is 0 Å².